The third-order valence-corrected chi connectivity index (χ3v) is 7.21. The van der Waals surface area contributed by atoms with Gasteiger partial charge in [0.25, 0.3) is 5.91 Å². The molecule has 7 heteroatoms. The minimum absolute atomic E-state index is 0.119. The zero-order chi connectivity index (χ0) is 23.0. The second kappa shape index (κ2) is 11.3. The number of thiophene rings is 1. The molecule has 0 saturated heterocycles. The van der Waals surface area contributed by atoms with Gasteiger partial charge in [0, 0.05) is 16.5 Å². The Balaban J connectivity index is 1.75. The van der Waals surface area contributed by atoms with Crippen LogP contribution in [-0.2, 0) is 16.1 Å². The van der Waals surface area contributed by atoms with E-state index in [4.69, 9.17) is 0 Å². The zero-order valence-electron chi connectivity index (χ0n) is 18.9. The van der Waals surface area contributed by atoms with Crippen molar-refractivity contribution in [3.63, 3.8) is 0 Å². The topological polar surface area (TPSA) is 78.5 Å². The molecule has 0 aliphatic heterocycles. The van der Waals surface area contributed by atoms with Gasteiger partial charge in [-0.25, -0.2) is 0 Å². The van der Waals surface area contributed by atoms with Crippen molar-refractivity contribution < 1.29 is 14.4 Å². The lowest BCUT2D eigenvalue weighted by Gasteiger charge is -2.40. The summed E-state index contributed by atoms with van der Waals surface area (Å²) in [4.78, 5) is 41.8. The van der Waals surface area contributed by atoms with Crippen LogP contribution >= 0.6 is 11.3 Å². The Bertz CT molecular complexity index is 894. The van der Waals surface area contributed by atoms with Crippen molar-refractivity contribution in [2.24, 2.45) is 0 Å². The first-order valence-electron chi connectivity index (χ1n) is 11.4. The number of nitrogens with zero attached hydrogens (tertiary/aromatic N) is 1. The molecule has 1 heterocycles. The van der Waals surface area contributed by atoms with E-state index in [0.29, 0.717) is 18.5 Å². The summed E-state index contributed by atoms with van der Waals surface area (Å²) in [6.45, 7) is 3.93. The van der Waals surface area contributed by atoms with Gasteiger partial charge >= 0.3 is 0 Å². The first-order chi connectivity index (χ1) is 15.4. The van der Waals surface area contributed by atoms with Gasteiger partial charge in [0.2, 0.25) is 11.8 Å². The fourth-order valence-corrected chi connectivity index (χ4v) is 4.79. The minimum Gasteiger partial charge on any atom is -0.351 e. The SMILES string of the molecule is CC[C@@](C)(C(=O)NC1CCCCC1)N(Cc1cccs1)C(=O)CNC(=O)c1ccccc1. The van der Waals surface area contributed by atoms with Gasteiger partial charge in [-0.05, 0) is 49.8 Å². The summed E-state index contributed by atoms with van der Waals surface area (Å²) in [5.41, 5.74) is -0.505. The molecular weight excluding hydrogens is 422 g/mol. The maximum atomic E-state index is 13.4. The molecule has 0 radical (unpaired) electrons. The van der Waals surface area contributed by atoms with Crippen LogP contribution in [0.15, 0.2) is 47.8 Å². The van der Waals surface area contributed by atoms with Gasteiger partial charge in [0.1, 0.15) is 5.54 Å². The average molecular weight is 456 g/mol. The molecule has 32 heavy (non-hydrogen) atoms. The Morgan fingerprint density at radius 3 is 2.41 bits per heavy atom. The molecule has 1 aromatic heterocycles. The van der Waals surface area contributed by atoms with Crippen LogP contribution in [0.1, 0.15) is 67.6 Å². The van der Waals surface area contributed by atoms with Gasteiger partial charge in [-0.1, -0.05) is 50.5 Å². The number of benzene rings is 1. The average Bonchev–Trinajstić information content (AvgIpc) is 3.35. The highest BCUT2D eigenvalue weighted by molar-refractivity contribution is 7.09. The predicted octanol–water partition coefficient (Wildman–Crippen LogP) is 4.12. The van der Waals surface area contributed by atoms with E-state index in [1.54, 1.807) is 40.5 Å². The van der Waals surface area contributed by atoms with Crippen LogP contribution in [0.25, 0.3) is 0 Å². The second-order valence-electron chi connectivity index (χ2n) is 8.54. The van der Waals surface area contributed by atoms with E-state index >= 15 is 0 Å². The highest BCUT2D eigenvalue weighted by Crippen LogP contribution is 2.26. The third-order valence-electron chi connectivity index (χ3n) is 6.34. The van der Waals surface area contributed by atoms with E-state index in [1.165, 1.54) is 6.42 Å². The Kier molecular flexibility index (Phi) is 8.45. The second-order valence-corrected chi connectivity index (χ2v) is 9.58. The van der Waals surface area contributed by atoms with Crippen molar-refractivity contribution >= 4 is 29.1 Å². The van der Waals surface area contributed by atoms with Crippen LogP contribution in [0.2, 0.25) is 0 Å². The van der Waals surface area contributed by atoms with E-state index in [0.717, 1.165) is 30.6 Å². The Morgan fingerprint density at radius 1 is 1.06 bits per heavy atom. The first kappa shape index (κ1) is 24.0. The summed E-state index contributed by atoms with van der Waals surface area (Å²) in [6, 6.07) is 12.9. The van der Waals surface area contributed by atoms with E-state index in [9.17, 15) is 14.4 Å². The highest BCUT2D eigenvalue weighted by atomic mass is 32.1. The minimum atomic E-state index is -1.00. The lowest BCUT2D eigenvalue weighted by Crippen LogP contribution is -2.61. The highest BCUT2D eigenvalue weighted by Gasteiger charge is 2.41. The van der Waals surface area contributed by atoms with Gasteiger partial charge in [0.15, 0.2) is 0 Å². The van der Waals surface area contributed by atoms with Crippen LogP contribution in [0, 0.1) is 0 Å². The number of hydrogen-bond donors (Lipinski definition) is 2. The first-order valence-corrected chi connectivity index (χ1v) is 12.3. The molecule has 2 N–H and O–H groups in total. The van der Waals surface area contributed by atoms with Gasteiger partial charge in [-0.2, -0.15) is 0 Å². The van der Waals surface area contributed by atoms with Crippen LogP contribution in [0.4, 0.5) is 0 Å². The molecule has 1 fully saturated rings. The van der Waals surface area contributed by atoms with Gasteiger partial charge in [0.05, 0.1) is 13.1 Å². The van der Waals surface area contributed by atoms with Crippen molar-refractivity contribution in [1.82, 2.24) is 15.5 Å². The lowest BCUT2D eigenvalue weighted by atomic mass is 9.91. The molecule has 0 bridgehead atoms. The number of carbonyl (C=O) groups is 3. The van der Waals surface area contributed by atoms with Gasteiger partial charge in [-0.15, -0.1) is 11.3 Å². The molecule has 3 rings (SSSR count). The summed E-state index contributed by atoms with van der Waals surface area (Å²) < 4.78 is 0. The van der Waals surface area contributed by atoms with E-state index < -0.39 is 5.54 Å². The maximum Gasteiger partial charge on any atom is 0.251 e. The van der Waals surface area contributed by atoms with Crippen molar-refractivity contribution in [3.8, 4) is 0 Å². The van der Waals surface area contributed by atoms with E-state index in [1.807, 2.05) is 37.4 Å². The summed E-state index contributed by atoms with van der Waals surface area (Å²) in [6.07, 6.45) is 5.90. The number of nitrogens with one attached hydrogen (secondary N) is 2. The number of carbonyl (C=O) groups excluding carboxylic acids is 3. The molecule has 1 aromatic carbocycles. The van der Waals surface area contributed by atoms with Crippen molar-refractivity contribution in [2.75, 3.05) is 6.54 Å². The summed E-state index contributed by atoms with van der Waals surface area (Å²) in [7, 11) is 0. The molecule has 1 aliphatic rings. The molecular formula is C25H33N3O3S. The smallest absolute Gasteiger partial charge is 0.251 e. The Morgan fingerprint density at radius 2 is 1.78 bits per heavy atom. The molecule has 172 valence electrons. The maximum absolute atomic E-state index is 13.4. The van der Waals surface area contributed by atoms with Gasteiger partial charge in [-0.3, -0.25) is 14.4 Å². The van der Waals surface area contributed by atoms with Crippen molar-refractivity contribution in [2.45, 2.75) is 70.5 Å². The Labute approximate surface area is 194 Å². The molecule has 1 saturated carbocycles. The number of hydrogen-bond acceptors (Lipinski definition) is 4. The third kappa shape index (κ3) is 5.97. The van der Waals surface area contributed by atoms with Crippen molar-refractivity contribution in [1.29, 1.82) is 0 Å². The summed E-state index contributed by atoms with van der Waals surface area (Å²) in [5.74, 6) is -0.697. The van der Waals surface area contributed by atoms with E-state index in [-0.39, 0.29) is 30.3 Å². The van der Waals surface area contributed by atoms with Crippen LogP contribution in [0.5, 0.6) is 0 Å². The molecule has 2 aromatic rings. The van der Waals surface area contributed by atoms with Gasteiger partial charge < -0.3 is 15.5 Å². The van der Waals surface area contributed by atoms with Crippen LogP contribution in [0.3, 0.4) is 0 Å². The number of rotatable bonds is 9. The quantitative estimate of drug-likeness (QED) is 0.597. The predicted molar refractivity (Wildman–Crippen MR) is 127 cm³/mol. The van der Waals surface area contributed by atoms with Crippen LogP contribution < -0.4 is 10.6 Å². The summed E-state index contributed by atoms with van der Waals surface area (Å²) in [5, 5.41) is 7.88. The van der Waals surface area contributed by atoms with Crippen molar-refractivity contribution in [3.05, 3.63) is 58.3 Å². The monoisotopic (exact) mass is 455 g/mol. The molecule has 0 spiro atoms. The fourth-order valence-electron chi connectivity index (χ4n) is 4.10. The molecule has 1 aliphatic carbocycles. The normalized spacial score (nSPS) is 16.1. The molecule has 1 atom stereocenters. The Hall–Kier alpha value is -2.67. The molecule has 0 unspecified atom stereocenters. The summed E-state index contributed by atoms with van der Waals surface area (Å²) >= 11 is 1.55. The fraction of sp³-hybridized carbons (Fsp3) is 0.480. The lowest BCUT2D eigenvalue weighted by molar-refractivity contribution is -0.148. The molecule has 6 nitrogen and oxygen atoms in total. The standard InChI is InChI=1S/C25H33N3O3S/c1-3-25(2,24(31)27-20-13-8-5-9-14-20)28(18-21-15-10-16-32-21)22(29)17-26-23(30)19-11-6-4-7-12-19/h4,6-7,10-12,15-16,20H,3,5,8-9,13-14,17-18H2,1-2H3,(H,26,30)(H,27,31)/t25-/m0/s1. The van der Waals surface area contributed by atoms with E-state index in [2.05, 4.69) is 10.6 Å². The molecule has 3 amide bonds. The largest absolute Gasteiger partial charge is 0.351 e. The van der Waals surface area contributed by atoms with Crippen LogP contribution in [-0.4, -0.2) is 40.7 Å². The number of amides is 3. The zero-order valence-corrected chi connectivity index (χ0v) is 19.7.